The van der Waals surface area contributed by atoms with E-state index in [0.29, 0.717) is 10.6 Å². The van der Waals surface area contributed by atoms with Gasteiger partial charge in [-0.15, -0.1) is 0 Å². The van der Waals surface area contributed by atoms with E-state index >= 15 is 0 Å². The van der Waals surface area contributed by atoms with Crippen LogP contribution in [-0.2, 0) is 0 Å². The second-order valence-corrected chi connectivity index (χ2v) is 6.71. The predicted octanol–water partition coefficient (Wildman–Crippen LogP) is 6.77. The molecule has 0 aliphatic rings. The maximum absolute atomic E-state index is 5.75. The highest BCUT2D eigenvalue weighted by atomic mass is 35.5. The van der Waals surface area contributed by atoms with Crippen molar-refractivity contribution in [2.24, 2.45) is 5.41 Å². The van der Waals surface area contributed by atoms with Crippen LogP contribution in [0.25, 0.3) is 5.57 Å². The van der Waals surface area contributed by atoms with E-state index in [0.717, 1.165) is 12.0 Å². The van der Waals surface area contributed by atoms with Crippen molar-refractivity contribution in [3.05, 3.63) is 35.1 Å². The molecule has 0 unspecified atom stereocenters. The van der Waals surface area contributed by atoms with Crippen molar-refractivity contribution in [3.63, 3.8) is 0 Å². The Bertz CT molecular complexity index is 402. The van der Waals surface area contributed by atoms with Gasteiger partial charge in [-0.25, -0.2) is 4.98 Å². The van der Waals surface area contributed by atoms with Crippen molar-refractivity contribution in [1.82, 2.24) is 4.98 Å². The SMILES string of the molecule is CC/C=C(/C)c1ccnc(Cl)c1.CCCCC(C)(C)C. The number of hydrogen-bond donors (Lipinski definition) is 0. The Balaban J connectivity index is 0.000000396. The normalized spacial score (nSPS) is 11.8. The van der Waals surface area contributed by atoms with E-state index in [4.69, 9.17) is 11.6 Å². The van der Waals surface area contributed by atoms with Gasteiger partial charge < -0.3 is 0 Å². The van der Waals surface area contributed by atoms with Gasteiger partial charge in [0.15, 0.2) is 0 Å². The van der Waals surface area contributed by atoms with Gasteiger partial charge in [-0.3, -0.25) is 0 Å². The van der Waals surface area contributed by atoms with Crippen LogP contribution in [0.15, 0.2) is 24.4 Å². The Kier molecular flexibility index (Phi) is 9.58. The average Bonchev–Trinajstić information content (AvgIpc) is 2.36. The summed E-state index contributed by atoms with van der Waals surface area (Å²) in [5, 5.41) is 0.552. The first kappa shape index (κ1) is 19.2. The van der Waals surface area contributed by atoms with E-state index in [2.05, 4.69) is 52.6 Å². The molecule has 0 bridgehead atoms. The van der Waals surface area contributed by atoms with Crippen LogP contribution in [0.2, 0.25) is 5.15 Å². The molecule has 0 spiro atoms. The molecule has 0 aliphatic heterocycles. The summed E-state index contributed by atoms with van der Waals surface area (Å²) in [6, 6.07) is 3.84. The molecule has 0 saturated carbocycles. The molecule has 20 heavy (non-hydrogen) atoms. The molecule has 1 aromatic heterocycles. The zero-order chi connectivity index (χ0) is 15.6. The number of halogens is 1. The van der Waals surface area contributed by atoms with Crippen LogP contribution in [0.4, 0.5) is 0 Å². The van der Waals surface area contributed by atoms with Crippen molar-refractivity contribution in [3.8, 4) is 0 Å². The van der Waals surface area contributed by atoms with Crippen LogP contribution < -0.4 is 0 Å². The van der Waals surface area contributed by atoms with Gasteiger partial charge in [0.05, 0.1) is 0 Å². The van der Waals surface area contributed by atoms with Crippen molar-refractivity contribution < 1.29 is 0 Å². The lowest BCUT2D eigenvalue weighted by molar-refractivity contribution is 0.363. The number of nitrogens with zero attached hydrogens (tertiary/aromatic N) is 1. The van der Waals surface area contributed by atoms with Crippen molar-refractivity contribution in [2.75, 3.05) is 0 Å². The number of pyridine rings is 1. The van der Waals surface area contributed by atoms with E-state index in [-0.39, 0.29) is 0 Å². The Morgan fingerprint density at radius 1 is 1.30 bits per heavy atom. The van der Waals surface area contributed by atoms with E-state index in [1.54, 1.807) is 6.20 Å². The maximum atomic E-state index is 5.75. The molecule has 0 aliphatic carbocycles. The average molecular weight is 296 g/mol. The summed E-state index contributed by atoms with van der Waals surface area (Å²) < 4.78 is 0. The van der Waals surface area contributed by atoms with Crippen LogP contribution in [0.3, 0.4) is 0 Å². The van der Waals surface area contributed by atoms with E-state index in [1.165, 1.54) is 24.8 Å². The molecule has 1 rings (SSSR count). The summed E-state index contributed by atoms with van der Waals surface area (Å²) in [5.74, 6) is 0. The third-order valence-electron chi connectivity index (χ3n) is 2.97. The van der Waals surface area contributed by atoms with Crippen molar-refractivity contribution in [2.45, 2.75) is 67.2 Å². The zero-order valence-corrected chi connectivity index (χ0v) is 14.7. The molecule has 0 amide bonds. The number of allylic oxidation sites excluding steroid dienone is 2. The number of unbranched alkanes of at least 4 members (excludes halogenated alkanes) is 1. The van der Waals surface area contributed by atoms with E-state index in [1.807, 2.05) is 12.1 Å². The largest absolute Gasteiger partial charge is 0.245 e. The highest BCUT2D eigenvalue weighted by Crippen LogP contribution is 2.20. The fourth-order valence-corrected chi connectivity index (χ4v) is 1.95. The lowest BCUT2D eigenvalue weighted by Gasteiger charge is -2.16. The molecular formula is C18H30ClN. The Hall–Kier alpha value is -0.820. The van der Waals surface area contributed by atoms with Crippen LogP contribution in [0, 0.1) is 5.41 Å². The Morgan fingerprint density at radius 2 is 1.95 bits per heavy atom. The van der Waals surface area contributed by atoms with E-state index in [9.17, 15) is 0 Å². The minimum atomic E-state index is 0.552. The molecule has 0 radical (unpaired) electrons. The lowest BCUT2D eigenvalue weighted by Crippen LogP contribution is -2.03. The summed E-state index contributed by atoms with van der Waals surface area (Å²) in [4.78, 5) is 3.92. The maximum Gasteiger partial charge on any atom is 0.129 e. The molecule has 1 aromatic rings. The van der Waals surface area contributed by atoms with Gasteiger partial charge in [0.2, 0.25) is 0 Å². The molecule has 2 heteroatoms. The van der Waals surface area contributed by atoms with Crippen molar-refractivity contribution >= 4 is 17.2 Å². The molecule has 0 atom stereocenters. The van der Waals surface area contributed by atoms with Gasteiger partial charge in [0, 0.05) is 6.20 Å². The molecule has 1 nitrogen and oxygen atoms in total. The fourth-order valence-electron chi connectivity index (χ4n) is 1.78. The highest BCUT2D eigenvalue weighted by Gasteiger charge is 2.07. The summed E-state index contributed by atoms with van der Waals surface area (Å²) in [6.07, 6.45) is 9.02. The lowest BCUT2D eigenvalue weighted by atomic mass is 9.90. The summed E-state index contributed by atoms with van der Waals surface area (Å²) in [5.41, 5.74) is 2.95. The summed E-state index contributed by atoms with van der Waals surface area (Å²) in [7, 11) is 0. The first-order chi connectivity index (χ1) is 9.30. The smallest absolute Gasteiger partial charge is 0.129 e. The molecule has 0 aromatic carbocycles. The third-order valence-corrected chi connectivity index (χ3v) is 3.18. The topological polar surface area (TPSA) is 12.9 Å². The van der Waals surface area contributed by atoms with Crippen LogP contribution in [0.5, 0.6) is 0 Å². The van der Waals surface area contributed by atoms with E-state index < -0.39 is 0 Å². The quantitative estimate of drug-likeness (QED) is 0.558. The zero-order valence-electron chi connectivity index (χ0n) is 14.0. The molecule has 114 valence electrons. The second kappa shape index (κ2) is 9.99. The molecule has 0 fully saturated rings. The van der Waals surface area contributed by atoms with Gasteiger partial charge in [0.25, 0.3) is 0 Å². The van der Waals surface area contributed by atoms with Crippen LogP contribution >= 0.6 is 11.6 Å². The van der Waals surface area contributed by atoms with Gasteiger partial charge in [0.1, 0.15) is 5.15 Å². The highest BCUT2D eigenvalue weighted by molar-refractivity contribution is 6.29. The monoisotopic (exact) mass is 295 g/mol. The van der Waals surface area contributed by atoms with Gasteiger partial charge in [-0.1, -0.05) is 65.1 Å². The van der Waals surface area contributed by atoms with Gasteiger partial charge >= 0.3 is 0 Å². The number of rotatable bonds is 4. The molecular weight excluding hydrogens is 266 g/mol. The number of aromatic nitrogens is 1. The van der Waals surface area contributed by atoms with Crippen molar-refractivity contribution in [1.29, 1.82) is 0 Å². The number of hydrogen-bond acceptors (Lipinski definition) is 1. The summed E-state index contributed by atoms with van der Waals surface area (Å²) in [6.45, 7) is 13.3. The standard InChI is InChI=1S/C10H12ClN.C8H18/c1-3-4-8(2)9-5-6-12-10(11)7-9;1-5-6-7-8(2,3)4/h4-7H,3H2,1-2H3;5-7H2,1-4H3/b8-4-;. The second-order valence-electron chi connectivity index (χ2n) is 6.33. The first-order valence-corrected chi connectivity index (χ1v) is 7.96. The van der Waals surface area contributed by atoms with Crippen LogP contribution in [-0.4, -0.2) is 4.98 Å². The van der Waals surface area contributed by atoms with Gasteiger partial charge in [-0.2, -0.15) is 0 Å². The summed E-state index contributed by atoms with van der Waals surface area (Å²) >= 11 is 5.75. The minimum Gasteiger partial charge on any atom is -0.245 e. The minimum absolute atomic E-state index is 0.552. The van der Waals surface area contributed by atoms with Crippen LogP contribution in [0.1, 0.15) is 72.8 Å². The Morgan fingerprint density at radius 3 is 2.35 bits per heavy atom. The molecule has 0 N–H and O–H groups in total. The molecule has 1 heterocycles. The third kappa shape index (κ3) is 10.0. The fraction of sp³-hybridized carbons (Fsp3) is 0.611. The predicted molar refractivity (Wildman–Crippen MR) is 92.2 cm³/mol. The molecule has 0 saturated heterocycles. The Labute approximate surface area is 130 Å². The van der Waals surface area contributed by atoms with Gasteiger partial charge in [-0.05, 0) is 48.4 Å². The first-order valence-electron chi connectivity index (χ1n) is 7.58.